The molecule has 1 heterocycles. The largest absolute Gasteiger partial charge is 0.372 e. The fourth-order valence-electron chi connectivity index (χ4n) is 2.90. The van der Waals surface area contributed by atoms with Gasteiger partial charge in [-0.05, 0) is 29.0 Å². The molecule has 0 saturated heterocycles. The van der Waals surface area contributed by atoms with E-state index in [0.29, 0.717) is 0 Å². The molecule has 0 aromatic heterocycles. The molecule has 0 radical (unpaired) electrons. The van der Waals surface area contributed by atoms with Crippen molar-refractivity contribution in [3.63, 3.8) is 0 Å². The van der Waals surface area contributed by atoms with E-state index in [4.69, 9.17) is 10.5 Å². The van der Waals surface area contributed by atoms with Gasteiger partial charge >= 0.3 is 0 Å². The van der Waals surface area contributed by atoms with Crippen LogP contribution in [0.1, 0.15) is 68.7 Å². The molecule has 2 unspecified atom stereocenters. The summed E-state index contributed by atoms with van der Waals surface area (Å²) in [4.78, 5) is 0. The number of ether oxygens (including phenoxy) is 1. The van der Waals surface area contributed by atoms with E-state index in [1.807, 2.05) is 0 Å². The Hall–Kier alpha value is -0.860. The van der Waals surface area contributed by atoms with Gasteiger partial charge in [-0.2, -0.15) is 0 Å². The van der Waals surface area contributed by atoms with E-state index in [9.17, 15) is 0 Å². The van der Waals surface area contributed by atoms with Gasteiger partial charge in [0.2, 0.25) is 0 Å². The summed E-state index contributed by atoms with van der Waals surface area (Å²) >= 11 is 0. The lowest BCUT2D eigenvalue weighted by molar-refractivity contribution is 0.134. The zero-order valence-corrected chi connectivity index (χ0v) is 12.3. The smallest absolute Gasteiger partial charge is 0.0725 e. The van der Waals surface area contributed by atoms with E-state index in [-0.39, 0.29) is 6.04 Å². The molecule has 2 N–H and O–H groups in total. The molecule has 0 bridgehead atoms. The predicted molar refractivity (Wildman–Crippen MR) is 79.8 cm³/mol. The van der Waals surface area contributed by atoms with Crippen molar-refractivity contribution in [3.8, 4) is 0 Å². The second-order valence-corrected chi connectivity index (χ2v) is 5.78. The van der Waals surface area contributed by atoms with Crippen LogP contribution < -0.4 is 5.73 Å². The fourth-order valence-corrected chi connectivity index (χ4v) is 2.90. The molecule has 1 aliphatic heterocycles. The van der Waals surface area contributed by atoms with Crippen LogP contribution in [0.5, 0.6) is 0 Å². The van der Waals surface area contributed by atoms with Gasteiger partial charge in [0.15, 0.2) is 0 Å². The number of rotatable bonds is 7. The van der Waals surface area contributed by atoms with Gasteiger partial charge in [0.1, 0.15) is 0 Å². The molecule has 1 aromatic rings. The Morgan fingerprint density at radius 2 is 2.00 bits per heavy atom. The molecule has 2 nitrogen and oxygen atoms in total. The van der Waals surface area contributed by atoms with Gasteiger partial charge in [0.25, 0.3) is 0 Å². The van der Waals surface area contributed by atoms with Crippen molar-refractivity contribution in [3.05, 3.63) is 34.9 Å². The normalized spacial score (nSPS) is 17.2. The standard InChI is InChI=1S/C17H27NO/c1-3-5-6-13(4-2)9-17(18)14-7-8-15-11-19-12-16(15)10-14/h7-8,10,13,17H,3-6,9,11-12,18H2,1-2H3. The number of nitrogens with two attached hydrogens (primary N) is 1. The van der Waals surface area contributed by atoms with Crippen molar-refractivity contribution in [2.75, 3.05) is 0 Å². The molecule has 0 aliphatic carbocycles. The van der Waals surface area contributed by atoms with Crippen LogP contribution in [0.3, 0.4) is 0 Å². The lowest BCUT2D eigenvalue weighted by Gasteiger charge is -2.20. The summed E-state index contributed by atoms with van der Waals surface area (Å²) in [6, 6.07) is 6.79. The Bertz CT molecular complexity index is 402. The summed E-state index contributed by atoms with van der Waals surface area (Å²) < 4.78 is 5.46. The quantitative estimate of drug-likeness (QED) is 0.793. The monoisotopic (exact) mass is 261 g/mol. The van der Waals surface area contributed by atoms with E-state index in [1.165, 1.54) is 42.4 Å². The van der Waals surface area contributed by atoms with Gasteiger partial charge in [0, 0.05) is 6.04 Å². The summed E-state index contributed by atoms with van der Waals surface area (Å²) in [5.41, 5.74) is 10.3. The highest BCUT2D eigenvalue weighted by molar-refractivity contribution is 5.34. The zero-order valence-electron chi connectivity index (χ0n) is 12.3. The summed E-state index contributed by atoms with van der Waals surface area (Å²) in [6.45, 7) is 6.05. The topological polar surface area (TPSA) is 35.2 Å². The third-order valence-corrected chi connectivity index (χ3v) is 4.30. The van der Waals surface area contributed by atoms with Gasteiger partial charge in [-0.1, -0.05) is 57.7 Å². The van der Waals surface area contributed by atoms with E-state index < -0.39 is 0 Å². The van der Waals surface area contributed by atoms with Crippen LogP contribution in [0.15, 0.2) is 18.2 Å². The van der Waals surface area contributed by atoms with E-state index >= 15 is 0 Å². The summed E-state index contributed by atoms with van der Waals surface area (Å²) in [5.74, 6) is 0.763. The molecule has 2 rings (SSSR count). The first kappa shape index (κ1) is 14.5. The molecular formula is C17H27NO. The average Bonchev–Trinajstić information content (AvgIpc) is 2.90. The highest BCUT2D eigenvalue weighted by Crippen LogP contribution is 2.28. The van der Waals surface area contributed by atoms with Crippen LogP contribution in [0.4, 0.5) is 0 Å². The minimum atomic E-state index is 0.174. The molecule has 106 valence electrons. The Labute approximate surface area is 117 Å². The molecule has 0 spiro atoms. The molecule has 0 saturated carbocycles. The number of hydrogen-bond acceptors (Lipinski definition) is 2. The lowest BCUT2D eigenvalue weighted by atomic mass is 9.89. The van der Waals surface area contributed by atoms with Crippen molar-refractivity contribution in [1.82, 2.24) is 0 Å². The van der Waals surface area contributed by atoms with Crippen molar-refractivity contribution >= 4 is 0 Å². The number of unbranched alkanes of at least 4 members (excludes halogenated alkanes) is 1. The van der Waals surface area contributed by atoms with Gasteiger partial charge in [-0.3, -0.25) is 0 Å². The highest BCUT2D eigenvalue weighted by atomic mass is 16.5. The number of hydrogen-bond donors (Lipinski definition) is 1. The van der Waals surface area contributed by atoms with Crippen molar-refractivity contribution in [2.45, 2.75) is 65.2 Å². The third-order valence-electron chi connectivity index (χ3n) is 4.30. The minimum absolute atomic E-state index is 0.174. The molecule has 2 heteroatoms. The van der Waals surface area contributed by atoms with Crippen molar-refractivity contribution in [1.29, 1.82) is 0 Å². The average molecular weight is 261 g/mol. The molecule has 19 heavy (non-hydrogen) atoms. The first-order chi connectivity index (χ1) is 9.24. The Morgan fingerprint density at radius 1 is 1.21 bits per heavy atom. The maximum atomic E-state index is 6.40. The third kappa shape index (κ3) is 3.80. The van der Waals surface area contributed by atoms with Gasteiger partial charge in [0.05, 0.1) is 13.2 Å². The minimum Gasteiger partial charge on any atom is -0.372 e. The Balaban J connectivity index is 1.96. The summed E-state index contributed by atoms with van der Waals surface area (Å²) in [5, 5.41) is 0. The second-order valence-electron chi connectivity index (χ2n) is 5.78. The maximum Gasteiger partial charge on any atom is 0.0725 e. The van der Waals surface area contributed by atoms with Crippen LogP contribution in [-0.4, -0.2) is 0 Å². The van der Waals surface area contributed by atoms with Crippen LogP contribution in [0, 0.1) is 5.92 Å². The Kier molecular flexibility index (Phi) is 5.41. The van der Waals surface area contributed by atoms with E-state index in [2.05, 4.69) is 32.0 Å². The second kappa shape index (κ2) is 7.06. The maximum absolute atomic E-state index is 6.40. The molecule has 1 aromatic carbocycles. The van der Waals surface area contributed by atoms with Gasteiger partial charge in [-0.15, -0.1) is 0 Å². The number of fused-ring (bicyclic) bond motifs is 1. The SMILES string of the molecule is CCCCC(CC)CC(N)c1ccc2c(c1)COC2. The van der Waals surface area contributed by atoms with Crippen LogP contribution in [-0.2, 0) is 18.0 Å². The van der Waals surface area contributed by atoms with Crippen LogP contribution in [0.2, 0.25) is 0 Å². The number of benzene rings is 1. The predicted octanol–water partition coefficient (Wildman–Crippen LogP) is 4.32. The van der Waals surface area contributed by atoms with Crippen molar-refractivity contribution < 1.29 is 4.74 Å². The van der Waals surface area contributed by atoms with E-state index in [1.54, 1.807) is 0 Å². The highest BCUT2D eigenvalue weighted by Gasteiger charge is 2.16. The lowest BCUT2D eigenvalue weighted by Crippen LogP contribution is -2.15. The molecular weight excluding hydrogens is 234 g/mol. The fraction of sp³-hybridized carbons (Fsp3) is 0.647. The first-order valence-electron chi connectivity index (χ1n) is 7.69. The van der Waals surface area contributed by atoms with Crippen LogP contribution in [0.25, 0.3) is 0 Å². The Morgan fingerprint density at radius 3 is 2.74 bits per heavy atom. The van der Waals surface area contributed by atoms with Gasteiger partial charge in [-0.25, -0.2) is 0 Å². The summed E-state index contributed by atoms with van der Waals surface area (Å²) in [7, 11) is 0. The van der Waals surface area contributed by atoms with E-state index in [0.717, 1.165) is 25.6 Å². The van der Waals surface area contributed by atoms with Crippen LogP contribution >= 0.6 is 0 Å². The molecule has 2 atom stereocenters. The summed E-state index contributed by atoms with van der Waals surface area (Å²) in [6.07, 6.45) is 6.26. The van der Waals surface area contributed by atoms with Gasteiger partial charge < -0.3 is 10.5 Å². The zero-order chi connectivity index (χ0) is 13.7. The first-order valence-corrected chi connectivity index (χ1v) is 7.69. The molecule has 0 fully saturated rings. The van der Waals surface area contributed by atoms with Crippen molar-refractivity contribution in [2.24, 2.45) is 11.7 Å². The molecule has 0 amide bonds. The molecule has 1 aliphatic rings.